The number of hydrogen-bond acceptors (Lipinski definition) is 7. The second-order valence-corrected chi connectivity index (χ2v) is 8.68. The van der Waals surface area contributed by atoms with E-state index in [1.54, 1.807) is 19.9 Å². The Balaban J connectivity index is 1.78. The third kappa shape index (κ3) is 4.36. The Bertz CT molecular complexity index is 1280. The van der Waals surface area contributed by atoms with Crippen LogP contribution in [0.5, 0.6) is 11.5 Å². The number of benzene rings is 3. The Morgan fingerprint density at radius 1 is 0.838 bits per heavy atom. The number of hydrogen-bond donors (Lipinski definition) is 0. The predicted octanol–water partition coefficient (Wildman–Crippen LogP) is 5.42. The Morgan fingerprint density at radius 3 is 2.11 bits per heavy atom. The van der Waals surface area contributed by atoms with Crippen molar-refractivity contribution in [3.05, 3.63) is 101 Å². The molecule has 1 saturated heterocycles. The first kappa shape index (κ1) is 24.6. The zero-order chi connectivity index (χ0) is 25.8. The molecule has 190 valence electrons. The summed E-state index contributed by atoms with van der Waals surface area (Å²) in [7, 11) is 0. The van der Waals surface area contributed by atoms with Crippen molar-refractivity contribution in [3.8, 4) is 11.5 Å². The maximum atomic E-state index is 13.9. The lowest BCUT2D eigenvalue weighted by Crippen LogP contribution is -2.45. The summed E-state index contributed by atoms with van der Waals surface area (Å²) in [5, 5.41) is 0. The zero-order valence-corrected chi connectivity index (χ0v) is 20.7. The molecule has 0 saturated carbocycles. The Kier molecular flexibility index (Phi) is 6.97. The lowest BCUT2D eigenvalue weighted by atomic mass is 9.72. The quantitative estimate of drug-likeness (QED) is 0.316. The van der Waals surface area contributed by atoms with Gasteiger partial charge in [-0.3, -0.25) is 9.59 Å². The summed E-state index contributed by atoms with van der Waals surface area (Å²) < 4.78 is 28.9. The van der Waals surface area contributed by atoms with Crippen molar-refractivity contribution in [2.45, 2.75) is 26.1 Å². The van der Waals surface area contributed by atoms with Gasteiger partial charge in [-0.25, -0.2) is 0 Å². The van der Waals surface area contributed by atoms with Crippen LogP contribution in [0.15, 0.2) is 84.4 Å². The maximum Gasteiger partial charge on any atom is 0.330 e. The Morgan fingerprint density at radius 2 is 1.46 bits per heavy atom. The molecule has 0 aromatic heterocycles. The average Bonchev–Trinajstić information content (AvgIpc) is 3.53. The molecule has 2 atom stereocenters. The molecule has 3 aromatic carbocycles. The number of rotatable bonds is 7. The molecular weight excluding hydrogens is 472 g/mol. The van der Waals surface area contributed by atoms with E-state index in [0.717, 1.165) is 5.56 Å². The van der Waals surface area contributed by atoms with Gasteiger partial charge in [0.1, 0.15) is 12.2 Å². The van der Waals surface area contributed by atoms with Crippen LogP contribution in [-0.2, 0) is 23.8 Å². The monoisotopic (exact) mass is 500 g/mol. The van der Waals surface area contributed by atoms with Gasteiger partial charge in [0.05, 0.1) is 13.2 Å². The van der Waals surface area contributed by atoms with E-state index in [9.17, 15) is 9.59 Å². The second-order valence-electron chi connectivity index (χ2n) is 8.68. The smallest absolute Gasteiger partial charge is 0.330 e. The molecule has 0 spiro atoms. The lowest BCUT2D eigenvalue weighted by molar-refractivity contribution is -0.174. The number of carbonyl (C=O) groups excluding carboxylic acids is 2. The van der Waals surface area contributed by atoms with E-state index < -0.39 is 29.6 Å². The summed E-state index contributed by atoms with van der Waals surface area (Å²) in [6, 6.07) is 24.2. The third-order valence-electron chi connectivity index (χ3n) is 6.52. The first-order valence-electron chi connectivity index (χ1n) is 12.3. The molecule has 1 fully saturated rings. The van der Waals surface area contributed by atoms with Crippen molar-refractivity contribution in [2.24, 2.45) is 5.41 Å². The van der Waals surface area contributed by atoms with E-state index >= 15 is 0 Å². The van der Waals surface area contributed by atoms with Crippen molar-refractivity contribution in [1.29, 1.82) is 0 Å². The third-order valence-corrected chi connectivity index (χ3v) is 6.52. The molecule has 37 heavy (non-hydrogen) atoms. The number of esters is 2. The highest BCUT2D eigenvalue weighted by Crippen LogP contribution is 2.59. The highest BCUT2D eigenvalue weighted by molar-refractivity contribution is 6.06. The molecule has 5 rings (SSSR count). The SMILES string of the molecule is CCOC(=O)C1(C(=O)OCC)/C(=C/c2ccccc2)C(c2ccc3c(c2)OCO3)OC1c1ccccc1. The summed E-state index contributed by atoms with van der Waals surface area (Å²) in [5.41, 5.74) is 0.736. The van der Waals surface area contributed by atoms with Gasteiger partial charge in [-0.2, -0.15) is 0 Å². The van der Waals surface area contributed by atoms with Crippen LogP contribution in [0.4, 0.5) is 0 Å². The molecule has 7 heteroatoms. The molecule has 2 aliphatic heterocycles. The fourth-order valence-corrected chi connectivity index (χ4v) is 4.90. The van der Waals surface area contributed by atoms with Crippen molar-refractivity contribution in [2.75, 3.05) is 20.0 Å². The van der Waals surface area contributed by atoms with Crippen LogP contribution >= 0.6 is 0 Å². The van der Waals surface area contributed by atoms with Crippen LogP contribution in [0.25, 0.3) is 6.08 Å². The zero-order valence-electron chi connectivity index (χ0n) is 20.7. The van der Waals surface area contributed by atoms with Gasteiger partial charge >= 0.3 is 11.9 Å². The fourth-order valence-electron chi connectivity index (χ4n) is 4.90. The van der Waals surface area contributed by atoms with Crippen LogP contribution in [-0.4, -0.2) is 31.9 Å². The standard InChI is InChI=1S/C30H28O7/c1-3-33-28(31)30(29(32)34-4-2)23(17-20-11-7-5-8-12-20)26(37-27(30)21-13-9-6-10-14-21)22-15-16-24-25(18-22)36-19-35-24/h5-18,26-27H,3-4,19H2,1-2H3/b23-17+. The van der Waals surface area contributed by atoms with E-state index in [1.807, 2.05) is 78.9 Å². The molecule has 3 aromatic rings. The molecule has 2 aliphatic rings. The molecule has 7 nitrogen and oxygen atoms in total. The van der Waals surface area contributed by atoms with Gasteiger partial charge in [0, 0.05) is 0 Å². The topological polar surface area (TPSA) is 80.3 Å². The number of ether oxygens (including phenoxy) is 5. The molecular formula is C30H28O7. The van der Waals surface area contributed by atoms with Crippen molar-refractivity contribution < 1.29 is 33.3 Å². The maximum absolute atomic E-state index is 13.9. The van der Waals surface area contributed by atoms with Gasteiger partial charge < -0.3 is 23.7 Å². The van der Waals surface area contributed by atoms with Gasteiger partial charge in [0.15, 0.2) is 11.5 Å². The molecule has 2 heterocycles. The minimum atomic E-state index is -1.87. The lowest BCUT2D eigenvalue weighted by Gasteiger charge is -2.30. The van der Waals surface area contributed by atoms with Crippen molar-refractivity contribution in [1.82, 2.24) is 0 Å². The average molecular weight is 501 g/mol. The summed E-state index contributed by atoms with van der Waals surface area (Å²) in [6.45, 7) is 3.73. The van der Waals surface area contributed by atoms with Crippen LogP contribution in [0, 0.1) is 5.41 Å². The first-order valence-corrected chi connectivity index (χ1v) is 12.3. The summed E-state index contributed by atoms with van der Waals surface area (Å²) in [6.07, 6.45) is 0.0670. The first-order chi connectivity index (χ1) is 18.1. The van der Waals surface area contributed by atoms with Crippen LogP contribution in [0.1, 0.15) is 42.7 Å². The number of fused-ring (bicyclic) bond motifs is 1. The Hall–Kier alpha value is -4.10. The summed E-state index contributed by atoms with van der Waals surface area (Å²) in [5.74, 6) is -0.237. The molecule has 2 unspecified atom stereocenters. The van der Waals surface area contributed by atoms with Crippen molar-refractivity contribution in [3.63, 3.8) is 0 Å². The van der Waals surface area contributed by atoms with Gasteiger partial charge in [0.25, 0.3) is 0 Å². The molecule has 0 N–H and O–H groups in total. The predicted molar refractivity (Wildman–Crippen MR) is 136 cm³/mol. The highest BCUT2D eigenvalue weighted by atomic mass is 16.7. The minimum absolute atomic E-state index is 0.0921. The largest absolute Gasteiger partial charge is 0.465 e. The van der Waals surface area contributed by atoms with Gasteiger partial charge in [-0.05, 0) is 48.2 Å². The van der Waals surface area contributed by atoms with Gasteiger partial charge in [-0.15, -0.1) is 0 Å². The summed E-state index contributed by atoms with van der Waals surface area (Å²) in [4.78, 5) is 27.9. The Labute approximate surface area is 215 Å². The highest BCUT2D eigenvalue weighted by Gasteiger charge is 2.65. The van der Waals surface area contributed by atoms with E-state index in [2.05, 4.69) is 0 Å². The fraction of sp³-hybridized carbons (Fsp3) is 0.267. The second kappa shape index (κ2) is 10.5. The molecule has 0 amide bonds. The minimum Gasteiger partial charge on any atom is -0.465 e. The molecule has 0 bridgehead atoms. The van der Waals surface area contributed by atoms with Crippen LogP contribution < -0.4 is 9.47 Å². The van der Waals surface area contributed by atoms with E-state index in [0.29, 0.717) is 28.2 Å². The normalized spacial score (nSPS) is 20.5. The van der Waals surface area contributed by atoms with E-state index in [4.69, 9.17) is 23.7 Å². The van der Waals surface area contributed by atoms with E-state index in [1.165, 1.54) is 0 Å². The van der Waals surface area contributed by atoms with Crippen LogP contribution in [0.2, 0.25) is 0 Å². The van der Waals surface area contributed by atoms with Gasteiger partial charge in [0.2, 0.25) is 12.2 Å². The summed E-state index contributed by atoms with van der Waals surface area (Å²) >= 11 is 0. The van der Waals surface area contributed by atoms with Crippen LogP contribution in [0.3, 0.4) is 0 Å². The number of carbonyl (C=O) groups is 2. The van der Waals surface area contributed by atoms with Crippen molar-refractivity contribution >= 4 is 18.0 Å². The molecule has 0 radical (unpaired) electrons. The molecule has 0 aliphatic carbocycles. The van der Waals surface area contributed by atoms with E-state index in [-0.39, 0.29) is 20.0 Å². The van der Waals surface area contributed by atoms with Gasteiger partial charge in [-0.1, -0.05) is 72.8 Å².